The zero-order valence-electron chi connectivity index (χ0n) is 20.7. The second-order valence-electron chi connectivity index (χ2n) is 12.4. The molecular weight excluding hydrogens is 430 g/mol. The van der Waals surface area contributed by atoms with Gasteiger partial charge < -0.3 is 21.1 Å². The average Bonchev–Trinajstić information content (AvgIpc) is 3.43. The molecule has 1 aliphatic heterocycles. The highest BCUT2D eigenvalue weighted by molar-refractivity contribution is 5.84. The Morgan fingerprint density at radius 3 is 2.47 bits per heavy atom. The van der Waals surface area contributed by atoms with Gasteiger partial charge in [0.1, 0.15) is 17.7 Å². The lowest BCUT2D eigenvalue weighted by Crippen LogP contribution is -2.66. The highest BCUT2D eigenvalue weighted by atomic mass is 16.6. The number of rotatable bonds is 9. The molecule has 1 saturated heterocycles. The maximum Gasteiger partial charge on any atom is 0.323 e. The van der Waals surface area contributed by atoms with Crippen molar-refractivity contribution in [3.63, 3.8) is 0 Å². The summed E-state index contributed by atoms with van der Waals surface area (Å²) in [6.07, 6.45) is 9.78. The van der Waals surface area contributed by atoms with E-state index in [1.807, 2.05) is 23.9 Å². The number of hydrogen-bond acceptors (Lipinski definition) is 7. The van der Waals surface area contributed by atoms with E-state index in [1.54, 1.807) is 0 Å². The van der Waals surface area contributed by atoms with Gasteiger partial charge in [-0.1, -0.05) is 6.42 Å². The number of likely N-dealkylation sites (N-methyl/N-ethyl adjacent to an activating group) is 1. The number of nitriles is 1. The summed E-state index contributed by atoms with van der Waals surface area (Å²) < 4.78 is 6.41. The van der Waals surface area contributed by atoms with Crippen LogP contribution in [0.25, 0.3) is 0 Å². The molecule has 6 aliphatic rings. The number of nitrogens with zero attached hydrogens (tertiary/aromatic N) is 3. The number of nitrogens with two attached hydrogens (primary N) is 2. The van der Waals surface area contributed by atoms with Gasteiger partial charge in [-0.3, -0.25) is 14.5 Å². The molecule has 1 amide bonds. The van der Waals surface area contributed by atoms with Crippen molar-refractivity contribution in [3.05, 3.63) is 0 Å². The van der Waals surface area contributed by atoms with Gasteiger partial charge in [-0.25, -0.2) is 0 Å². The molecule has 0 radical (unpaired) electrons. The molecule has 9 atom stereocenters. The van der Waals surface area contributed by atoms with Crippen molar-refractivity contribution >= 4 is 11.9 Å². The van der Waals surface area contributed by atoms with Crippen molar-refractivity contribution in [2.24, 2.45) is 34.6 Å². The van der Waals surface area contributed by atoms with Crippen LogP contribution in [0.15, 0.2) is 0 Å². The first-order valence-electron chi connectivity index (χ1n) is 13.3. The monoisotopic (exact) mass is 471 g/mol. The number of ether oxygens (including phenoxy) is 1. The standard InChI is InChI=1S/C26H41N5O3/c1-30(2)20(5-3-4-6-27)24(33)34-26-12-16-7-17(13-26)11-25(10-16,15-26)22(29)23(32)31-19(14-28)8-18-9-21(18)31/h16-22H,3-13,15,27,29H2,1-2H3/t16-,17?,18?,19-,20-,21?,22+,25?,26?/m0/s1. The molecule has 8 heteroatoms. The van der Waals surface area contributed by atoms with Crippen LogP contribution in [0.3, 0.4) is 0 Å². The molecule has 1 heterocycles. The second-order valence-corrected chi connectivity index (χ2v) is 12.4. The van der Waals surface area contributed by atoms with Crippen LogP contribution >= 0.6 is 0 Å². The first-order valence-corrected chi connectivity index (χ1v) is 13.3. The summed E-state index contributed by atoms with van der Waals surface area (Å²) in [5.74, 6) is 1.17. The fourth-order valence-electron chi connectivity index (χ4n) is 8.39. The van der Waals surface area contributed by atoms with Crippen LogP contribution in [0, 0.1) is 34.5 Å². The largest absolute Gasteiger partial charge is 0.458 e. The smallest absolute Gasteiger partial charge is 0.323 e. The van der Waals surface area contributed by atoms with Gasteiger partial charge in [-0.2, -0.15) is 5.26 Å². The van der Waals surface area contributed by atoms with Crippen LogP contribution in [0.1, 0.15) is 70.6 Å². The number of unbranched alkanes of at least 4 members (excludes halogenated alkanes) is 1. The van der Waals surface area contributed by atoms with Gasteiger partial charge in [0, 0.05) is 6.04 Å². The molecule has 4 bridgehead atoms. The molecule has 0 aromatic rings. The van der Waals surface area contributed by atoms with E-state index in [0.717, 1.165) is 64.2 Å². The van der Waals surface area contributed by atoms with E-state index < -0.39 is 11.6 Å². The summed E-state index contributed by atoms with van der Waals surface area (Å²) >= 11 is 0. The minimum Gasteiger partial charge on any atom is -0.458 e. The van der Waals surface area contributed by atoms with Crippen LogP contribution in [0.4, 0.5) is 0 Å². The van der Waals surface area contributed by atoms with Crippen LogP contribution in [-0.4, -0.2) is 72.1 Å². The van der Waals surface area contributed by atoms with Crippen molar-refractivity contribution in [2.45, 2.75) is 100 Å². The van der Waals surface area contributed by atoms with Crippen molar-refractivity contribution in [1.29, 1.82) is 5.26 Å². The van der Waals surface area contributed by atoms with E-state index in [-0.39, 0.29) is 35.4 Å². The summed E-state index contributed by atoms with van der Waals surface area (Å²) in [4.78, 5) is 30.8. The first kappa shape index (κ1) is 24.0. The van der Waals surface area contributed by atoms with Crippen LogP contribution in [0.5, 0.6) is 0 Å². The number of fused-ring (bicyclic) bond motifs is 1. The van der Waals surface area contributed by atoms with Gasteiger partial charge in [0.15, 0.2) is 0 Å². The van der Waals surface area contributed by atoms with Crippen molar-refractivity contribution < 1.29 is 14.3 Å². The number of hydrogen-bond donors (Lipinski definition) is 2. The maximum atomic E-state index is 13.7. The van der Waals surface area contributed by atoms with Crippen molar-refractivity contribution in [3.8, 4) is 6.07 Å². The molecule has 8 nitrogen and oxygen atoms in total. The highest BCUT2D eigenvalue weighted by Gasteiger charge is 2.64. The molecule has 0 spiro atoms. The van der Waals surface area contributed by atoms with Gasteiger partial charge in [0.25, 0.3) is 0 Å². The Hall–Kier alpha value is -1.69. The number of likely N-dealkylation sites (tertiary alicyclic amines) is 1. The lowest BCUT2D eigenvalue weighted by atomic mass is 9.46. The molecule has 34 heavy (non-hydrogen) atoms. The molecule has 0 aromatic heterocycles. The zero-order valence-corrected chi connectivity index (χ0v) is 20.7. The molecule has 5 saturated carbocycles. The fraction of sp³-hybridized carbons (Fsp3) is 0.885. The minimum atomic E-state index is -0.624. The Morgan fingerprint density at radius 1 is 1.15 bits per heavy atom. The molecule has 6 rings (SSSR count). The van der Waals surface area contributed by atoms with E-state index in [9.17, 15) is 14.9 Å². The molecule has 188 valence electrons. The fourth-order valence-corrected chi connectivity index (χ4v) is 8.39. The van der Waals surface area contributed by atoms with Gasteiger partial charge in [0.2, 0.25) is 5.91 Å². The number of amides is 1. The molecule has 6 fully saturated rings. The van der Waals surface area contributed by atoms with E-state index in [2.05, 4.69) is 6.07 Å². The second kappa shape index (κ2) is 8.76. The zero-order chi connectivity index (χ0) is 24.3. The van der Waals surface area contributed by atoms with Crippen LogP contribution in [-0.2, 0) is 14.3 Å². The molecule has 5 aliphatic carbocycles. The summed E-state index contributed by atoms with van der Waals surface area (Å²) in [5.41, 5.74) is 11.6. The van der Waals surface area contributed by atoms with Gasteiger partial charge in [0.05, 0.1) is 12.1 Å². The minimum absolute atomic E-state index is 0.0482. The van der Waals surface area contributed by atoms with Gasteiger partial charge in [-0.05, 0) is 108 Å². The van der Waals surface area contributed by atoms with E-state index >= 15 is 0 Å². The molecule has 4 N–H and O–H groups in total. The Morgan fingerprint density at radius 2 is 1.85 bits per heavy atom. The summed E-state index contributed by atoms with van der Waals surface area (Å²) in [7, 11) is 3.86. The summed E-state index contributed by atoms with van der Waals surface area (Å²) in [6.45, 7) is 0.627. The van der Waals surface area contributed by atoms with Crippen LogP contribution in [0.2, 0.25) is 0 Å². The van der Waals surface area contributed by atoms with Crippen LogP contribution < -0.4 is 11.5 Å². The Bertz CT molecular complexity index is 855. The third-order valence-electron chi connectivity index (χ3n) is 9.63. The number of carbonyl (C=O) groups is 2. The quantitative estimate of drug-likeness (QED) is 0.388. The number of carbonyl (C=O) groups excluding carboxylic acids is 2. The van der Waals surface area contributed by atoms with E-state index in [0.29, 0.717) is 30.7 Å². The predicted molar refractivity (Wildman–Crippen MR) is 127 cm³/mol. The van der Waals surface area contributed by atoms with Crippen molar-refractivity contribution in [1.82, 2.24) is 9.80 Å². The number of piperidine rings is 1. The third-order valence-corrected chi connectivity index (χ3v) is 9.63. The van der Waals surface area contributed by atoms with Gasteiger partial charge >= 0.3 is 5.97 Å². The summed E-state index contributed by atoms with van der Waals surface area (Å²) in [6, 6.07) is 1.30. The Labute approximate surface area is 203 Å². The van der Waals surface area contributed by atoms with Crippen molar-refractivity contribution in [2.75, 3.05) is 20.6 Å². The SMILES string of the molecule is CN(C)[C@@H](CCCCN)C(=O)OC12CC3C[C@H](C1)CC([C@H](N)C(=O)N1C4CC4C[C@H]1C#N)(C3)C2. The lowest BCUT2D eigenvalue weighted by molar-refractivity contribution is -0.209. The molecule has 0 aromatic carbocycles. The molecular formula is C26H41N5O3. The average molecular weight is 472 g/mol. The van der Waals surface area contributed by atoms with Gasteiger partial charge in [-0.15, -0.1) is 0 Å². The third kappa shape index (κ3) is 4.04. The Kier molecular flexibility index (Phi) is 6.19. The lowest BCUT2D eigenvalue weighted by Gasteiger charge is -2.62. The molecule has 5 unspecified atom stereocenters. The Balaban J connectivity index is 1.33. The number of esters is 1. The van der Waals surface area contributed by atoms with E-state index in [4.69, 9.17) is 16.2 Å². The topological polar surface area (TPSA) is 126 Å². The first-order chi connectivity index (χ1) is 16.2. The predicted octanol–water partition coefficient (Wildman–Crippen LogP) is 1.77. The normalized spacial score (nSPS) is 41.2. The summed E-state index contributed by atoms with van der Waals surface area (Å²) in [5, 5.41) is 9.60. The van der Waals surface area contributed by atoms with E-state index in [1.165, 1.54) is 0 Å². The maximum absolute atomic E-state index is 13.7. The highest BCUT2D eigenvalue weighted by Crippen LogP contribution is 2.64.